The molecule has 0 heterocycles. The highest BCUT2D eigenvalue weighted by Crippen LogP contribution is 2.34. The Balaban J connectivity index is 2.07. The molecule has 0 radical (unpaired) electrons. The molecule has 1 aromatic carbocycles. The predicted octanol–water partition coefficient (Wildman–Crippen LogP) is 4.70. The molecule has 1 fully saturated rings. The summed E-state index contributed by atoms with van der Waals surface area (Å²) in [7, 11) is 0. The highest BCUT2D eigenvalue weighted by Gasteiger charge is 2.27. The number of hydrogen-bond donors (Lipinski definition) is 1. The fourth-order valence-corrected chi connectivity index (χ4v) is 3.08. The van der Waals surface area contributed by atoms with Crippen LogP contribution in [0.4, 0.5) is 0 Å². The molecule has 0 spiro atoms. The lowest BCUT2D eigenvalue weighted by Gasteiger charge is -2.35. The Bertz CT molecular complexity index is 368. The Morgan fingerprint density at radius 2 is 1.94 bits per heavy atom. The lowest BCUT2D eigenvalue weighted by molar-refractivity contribution is 0.227. The predicted molar refractivity (Wildman–Crippen MR) is 79.6 cm³/mol. The van der Waals surface area contributed by atoms with Gasteiger partial charge in [-0.15, -0.1) is 0 Å². The molecular weight excluding hydrogens is 265 g/mol. The first-order chi connectivity index (χ1) is 8.72. The van der Waals surface area contributed by atoms with Crippen molar-refractivity contribution < 1.29 is 0 Å². The van der Waals surface area contributed by atoms with Gasteiger partial charge in [-0.3, -0.25) is 0 Å². The smallest absolute Gasteiger partial charge is 0.0453 e. The van der Waals surface area contributed by atoms with E-state index < -0.39 is 0 Å². The van der Waals surface area contributed by atoms with Crippen LogP contribution in [0.25, 0.3) is 0 Å². The topological polar surface area (TPSA) is 12.0 Å². The summed E-state index contributed by atoms with van der Waals surface area (Å²) in [5.41, 5.74) is 1.10. The van der Waals surface area contributed by atoms with Crippen LogP contribution in [-0.2, 0) is 6.42 Å². The van der Waals surface area contributed by atoms with Gasteiger partial charge < -0.3 is 5.32 Å². The average molecular weight is 286 g/mol. The van der Waals surface area contributed by atoms with Gasteiger partial charge in [0.15, 0.2) is 0 Å². The first-order valence-electron chi connectivity index (χ1n) is 6.88. The van der Waals surface area contributed by atoms with E-state index in [-0.39, 0.29) is 0 Å². The maximum absolute atomic E-state index is 6.26. The van der Waals surface area contributed by atoms with Gasteiger partial charge in [0.1, 0.15) is 0 Å². The van der Waals surface area contributed by atoms with Gasteiger partial charge in [0.05, 0.1) is 0 Å². The van der Waals surface area contributed by atoms with Crippen molar-refractivity contribution in [2.45, 2.75) is 45.1 Å². The first-order valence-corrected chi connectivity index (χ1v) is 7.64. The molecule has 2 rings (SSSR count). The normalized spacial score (nSPS) is 17.5. The Labute approximate surface area is 120 Å². The summed E-state index contributed by atoms with van der Waals surface area (Å²) in [4.78, 5) is 0. The van der Waals surface area contributed by atoms with Crippen LogP contribution in [0.15, 0.2) is 18.2 Å². The van der Waals surface area contributed by atoms with E-state index >= 15 is 0 Å². The second-order valence-corrected chi connectivity index (χ2v) is 5.97. The van der Waals surface area contributed by atoms with Crippen molar-refractivity contribution in [1.82, 2.24) is 5.32 Å². The summed E-state index contributed by atoms with van der Waals surface area (Å²) in [5.74, 6) is 0.795. The summed E-state index contributed by atoms with van der Waals surface area (Å²) in [6, 6.07) is 6.29. The van der Waals surface area contributed by atoms with Gasteiger partial charge in [0.25, 0.3) is 0 Å². The number of hydrogen-bond acceptors (Lipinski definition) is 1. The van der Waals surface area contributed by atoms with Crippen LogP contribution in [0.5, 0.6) is 0 Å². The highest BCUT2D eigenvalue weighted by atomic mass is 35.5. The van der Waals surface area contributed by atoms with Crippen LogP contribution in [0, 0.1) is 5.92 Å². The second kappa shape index (κ2) is 6.79. The highest BCUT2D eigenvalue weighted by molar-refractivity contribution is 6.36. The van der Waals surface area contributed by atoms with Crippen LogP contribution < -0.4 is 5.32 Å². The zero-order valence-corrected chi connectivity index (χ0v) is 12.4. The van der Waals surface area contributed by atoms with Crippen molar-refractivity contribution in [3.63, 3.8) is 0 Å². The zero-order valence-electron chi connectivity index (χ0n) is 10.9. The number of rotatable bonds is 6. The van der Waals surface area contributed by atoms with E-state index in [1.165, 1.54) is 25.7 Å². The van der Waals surface area contributed by atoms with E-state index in [0.717, 1.165) is 34.5 Å². The minimum atomic E-state index is 0.524. The molecule has 1 nitrogen and oxygen atoms in total. The molecule has 1 atom stereocenters. The molecule has 1 aromatic rings. The lowest BCUT2D eigenvalue weighted by atomic mass is 9.77. The third-order valence-corrected chi connectivity index (χ3v) is 4.57. The van der Waals surface area contributed by atoms with Crippen molar-refractivity contribution in [2.24, 2.45) is 5.92 Å². The number of halogens is 2. The molecule has 3 heteroatoms. The first kappa shape index (κ1) is 14.2. The van der Waals surface area contributed by atoms with Crippen LogP contribution >= 0.6 is 23.2 Å². The molecule has 18 heavy (non-hydrogen) atoms. The van der Waals surface area contributed by atoms with Crippen LogP contribution in [0.1, 0.15) is 38.2 Å². The SMILES string of the molecule is CCCNC(Cc1c(Cl)cccc1Cl)C1CCC1. The maximum Gasteiger partial charge on any atom is 0.0453 e. The van der Waals surface area contributed by atoms with Crippen molar-refractivity contribution in [2.75, 3.05) is 6.54 Å². The van der Waals surface area contributed by atoms with Crippen molar-refractivity contribution in [3.8, 4) is 0 Å². The summed E-state index contributed by atoms with van der Waals surface area (Å²) in [6.45, 7) is 3.27. The van der Waals surface area contributed by atoms with E-state index in [9.17, 15) is 0 Å². The molecular formula is C15H21Cl2N. The van der Waals surface area contributed by atoms with Crippen LogP contribution in [0.3, 0.4) is 0 Å². The summed E-state index contributed by atoms with van der Waals surface area (Å²) < 4.78 is 0. The van der Waals surface area contributed by atoms with Gasteiger partial charge in [-0.25, -0.2) is 0 Å². The van der Waals surface area contributed by atoms with E-state index in [0.29, 0.717) is 6.04 Å². The monoisotopic (exact) mass is 285 g/mol. The van der Waals surface area contributed by atoms with Crippen molar-refractivity contribution in [3.05, 3.63) is 33.8 Å². The van der Waals surface area contributed by atoms with E-state index in [4.69, 9.17) is 23.2 Å². The summed E-state index contributed by atoms with van der Waals surface area (Å²) >= 11 is 12.5. The fraction of sp³-hybridized carbons (Fsp3) is 0.600. The van der Waals surface area contributed by atoms with Crippen molar-refractivity contribution in [1.29, 1.82) is 0 Å². The molecule has 0 amide bonds. The third kappa shape index (κ3) is 3.40. The van der Waals surface area contributed by atoms with Gasteiger partial charge in [0, 0.05) is 16.1 Å². The molecule has 100 valence electrons. The van der Waals surface area contributed by atoms with Gasteiger partial charge in [-0.05, 0) is 55.8 Å². The molecule has 0 aromatic heterocycles. The molecule has 0 aliphatic heterocycles. The van der Waals surface area contributed by atoms with Crippen LogP contribution in [0.2, 0.25) is 10.0 Å². The molecule has 0 saturated heterocycles. The Hall–Kier alpha value is -0.240. The van der Waals surface area contributed by atoms with Gasteiger partial charge in [-0.2, -0.15) is 0 Å². The number of benzene rings is 1. The van der Waals surface area contributed by atoms with Crippen LogP contribution in [-0.4, -0.2) is 12.6 Å². The minimum absolute atomic E-state index is 0.524. The zero-order chi connectivity index (χ0) is 13.0. The molecule has 1 aliphatic carbocycles. The maximum atomic E-state index is 6.26. The lowest BCUT2D eigenvalue weighted by Crippen LogP contribution is -2.41. The summed E-state index contributed by atoms with van der Waals surface area (Å²) in [6.07, 6.45) is 6.15. The average Bonchev–Trinajstić information content (AvgIpc) is 2.28. The Kier molecular flexibility index (Phi) is 5.35. The van der Waals surface area contributed by atoms with E-state index in [2.05, 4.69) is 12.2 Å². The standard InChI is InChI=1S/C15H21Cl2N/c1-2-9-18-15(11-5-3-6-11)10-12-13(16)7-4-8-14(12)17/h4,7-8,11,15,18H,2-3,5-6,9-10H2,1H3. The molecule has 0 bridgehead atoms. The van der Waals surface area contributed by atoms with E-state index in [1.54, 1.807) is 0 Å². The molecule has 1 saturated carbocycles. The quantitative estimate of drug-likeness (QED) is 0.799. The Morgan fingerprint density at radius 3 is 2.44 bits per heavy atom. The summed E-state index contributed by atoms with van der Waals surface area (Å²) in [5, 5.41) is 5.25. The molecule has 1 aliphatic rings. The third-order valence-electron chi connectivity index (χ3n) is 3.86. The van der Waals surface area contributed by atoms with Gasteiger partial charge >= 0.3 is 0 Å². The largest absolute Gasteiger partial charge is 0.313 e. The molecule has 1 N–H and O–H groups in total. The molecule has 1 unspecified atom stereocenters. The Morgan fingerprint density at radius 1 is 1.28 bits per heavy atom. The minimum Gasteiger partial charge on any atom is -0.313 e. The second-order valence-electron chi connectivity index (χ2n) is 5.16. The van der Waals surface area contributed by atoms with Gasteiger partial charge in [-0.1, -0.05) is 42.6 Å². The van der Waals surface area contributed by atoms with E-state index in [1.807, 2.05) is 18.2 Å². The van der Waals surface area contributed by atoms with Crippen molar-refractivity contribution >= 4 is 23.2 Å². The van der Waals surface area contributed by atoms with Gasteiger partial charge in [0.2, 0.25) is 0 Å². The number of nitrogens with one attached hydrogen (secondary N) is 1. The fourth-order valence-electron chi connectivity index (χ4n) is 2.52.